The number of hydrogen-bond donors (Lipinski definition) is 0. The molecule has 0 aliphatic rings. The van der Waals surface area contributed by atoms with E-state index in [1.807, 2.05) is 0 Å². The highest BCUT2D eigenvalue weighted by atomic mass is 14.7. The van der Waals surface area contributed by atoms with Crippen LogP contribution in [0.3, 0.4) is 0 Å². The molecule has 5 aromatic rings. The predicted octanol–water partition coefficient (Wildman–Crippen LogP) is 8.64. The predicted molar refractivity (Wildman–Crippen MR) is 138 cm³/mol. The fourth-order valence-corrected chi connectivity index (χ4v) is 4.83. The molecule has 0 amide bonds. The number of pyridine rings is 1. The van der Waals surface area contributed by atoms with Crippen LogP contribution in [0.5, 0.6) is 0 Å². The summed E-state index contributed by atoms with van der Waals surface area (Å²) in [4.78, 5) is 5.18. The number of hydrogen-bond acceptors (Lipinski definition) is 1. The van der Waals surface area contributed by atoms with Crippen LogP contribution >= 0.6 is 0 Å². The van der Waals surface area contributed by atoms with Crippen LogP contribution in [0.25, 0.3) is 44.1 Å². The summed E-state index contributed by atoms with van der Waals surface area (Å²) >= 11 is 0. The molecule has 0 aliphatic carbocycles. The Bertz CT molecular complexity index is 1450. The summed E-state index contributed by atoms with van der Waals surface area (Å²) in [5.74, 6) is 0. The lowest BCUT2D eigenvalue weighted by Gasteiger charge is -2.23. The lowest BCUT2D eigenvalue weighted by Crippen LogP contribution is -2.12. The first kappa shape index (κ1) is 20.5. The molecule has 0 aliphatic heterocycles. The maximum atomic E-state index is 5.18. The molecule has 0 fully saturated rings. The molecule has 1 nitrogen and oxygen atoms in total. The summed E-state index contributed by atoms with van der Waals surface area (Å²) in [5, 5.41) is 3.82. The van der Waals surface area contributed by atoms with Crippen molar-refractivity contribution < 1.29 is 0 Å². The normalized spacial score (nSPS) is 11.9. The van der Waals surface area contributed by atoms with Crippen LogP contribution in [0.4, 0.5) is 0 Å². The highest BCUT2D eigenvalue weighted by molar-refractivity contribution is 6.00. The number of nitrogens with zero attached hydrogens (tertiary/aromatic N) is 1. The molecule has 1 aromatic heterocycles. The minimum atomic E-state index is 0.0435. The topological polar surface area (TPSA) is 12.9 Å². The summed E-state index contributed by atoms with van der Waals surface area (Å²) in [5.41, 5.74) is 9.64. The van der Waals surface area contributed by atoms with E-state index in [0.29, 0.717) is 0 Å². The molecule has 0 atom stereocenters. The van der Waals surface area contributed by atoms with Gasteiger partial charge in [-0.2, -0.15) is 0 Å². The lowest BCUT2D eigenvalue weighted by atomic mass is 9.82. The van der Waals surface area contributed by atoms with Crippen LogP contribution in [0.2, 0.25) is 0 Å². The zero-order chi connectivity index (χ0) is 22.5. The largest absolute Gasteiger partial charge is 0.248 e. The summed E-state index contributed by atoms with van der Waals surface area (Å²) < 4.78 is 0. The average molecular weight is 416 g/mol. The maximum absolute atomic E-state index is 5.18. The van der Waals surface area contributed by atoms with Crippen molar-refractivity contribution in [3.8, 4) is 22.4 Å². The van der Waals surface area contributed by atoms with Crippen LogP contribution in [0, 0.1) is 13.8 Å². The second kappa shape index (κ2) is 7.60. The van der Waals surface area contributed by atoms with Gasteiger partial charge in [0.1, 0.15) is 0 Å². The summed E-state index contributed by atoms with van der Waals surface area (Å²) in [6.07, 6.45) is 0. The Balaban J connectivity index is 1.85. The van der Waals surface area contributed by atoms with Crippen LogP contribution in [-0.2, 0) is 5.41 Å². The fraction of sp³-hybridized carbons (Fsp3) is 0.194. The van der Waals surface area contributed by atoms with Gasteiger partial charge in [0.2, 0.25) is 0 Å². The highest BCUT2D eigenvalue weighted by Crippen LogP contribution is 2.38. The molecule has 158 valence electrons. The van der Waals surface area contributed by atoms with Gasteiger partial charge in [-0.15, -0.1) is 0 Å². The molecule has 0 N–H and O–H groups in total. The highest BCUT2D eigenvalue weighted by Gasteiger charge is 2.19. The molecular weight excluding hydrogens is 386 g/mol. The average Bonchev–Trinajstić information content (AvgIpc) is 2.77. The van der Waals surface area contributed by atoms with Gasteiger partial charge in [0.15, 0.2) is 0 Å². The monoisotopic (exact) mass is 415 g/mol. The molecule has 0 saturated heterocycles. The van der Waals surface area contributed by atoms with E-state index < -0.39 is 0 Å². The van der Waals surface area contributed by atoms with Crippen molar-refractivity contribution in [1.29, 1.82) is 0 Å². The lowest BCUT2D eigenvalue weighted by molar-refractivity contribution is 0.596. The number of aryl methyl sites for hydroxylation is 2. The fourth-order valence-electron chi connectivity index (χ4n) is 4.83. The summed E-state index contributed by atoms with van der Waals surface area (Å²) in [7, 11) is 0. The van der Waals surface area contributed by atoms with Crippen LogP contribution < -0.4 is 0 Å². The van der Waals surface area contributed by atoms with Crippen LogP contribution in [0.1, 0.15) is 37.5 Å². The van der Waals surface area contributed by atoms with Crippen molar-refractivity contribution >= 4 is 21.7 Å². The van der Waals surface area contributed by atoms with E-state index in [1.54, 1.807) is 0 Å². The van der Waals surface area contributed by atoms with Gasteiger partial charge in [-0.25, -0.2) is 4.98 Å². The van der Waals surface area contributed by atoms with Crippen molar-refractivity contribution in [2.24, 2.45) is 0 Å². The second-order valence-electron chi connectivity index (χ2n) is 9.89. The van der Waals surface area contributed by atoms with Gasteiger partial charge in [0.25, 0.3) is 0 Å². The van der Waals surface area contributed by atoms with Crippen molar-refractivity contribution in [2.45, 2.75) is 40.0 Å². The van der Waals surface area contributed by atoms with E-state index in [-0.39, 0.29) is 5.41 Å². The van der Waals surface area contributed by atoms with Gasteiger partial charge in [0.05, 0.1) is 11.2 Å². The van der Waals surface area contributed by atoms with E-state index in [0.717, 1.165) is 11.2 Å². The number of fused-ring (bicyclic) bond motifs is 2. The number of aromatic nitrogens is 1. The molecule has 1 heterocycles. The molecule has 4 aromatic carbocycles. The SMILES string of the molecule is Cc1cc(C)c2c(-c3ccccc3)cc(-c3cc(C(C)(C)C)c4ccccc4c3)nc2c1. The van der Waals surface area contributed by atoms with E-state index in [9.17, 15) is 0 Å². The molecule has 5 rings (SSSR count). The molecule has 0 unspecified atom stereocenters. The van der Waals surface area contributed by atoms with E-state index >= 15 is 0 Å². The summed E-state index contributed by atoms with van der Waals surface area (Å²) in [6, 6.07) is 30.7. The Labute approximate surface area is 190 Å². The number of benzene rings is 4. The molecule has 0 spiro atoms. The van der Waals surface area contributed by atoms with Gasteiger partial charge in [-0.1, -0.05) is 81.4 Å². The molecule has 0 radical (unpaired) electrons. The number of rotatable bonds is 2. The second-order valence-corrected chi connectivity index (χ2v) is 9.89. The standard InChI is InChI=1S/C31H29N/c1-20-15-21(2)30-26(22-11-7-6-8-12-22)19-28(32-29(30)16-20)24-17-23-13-9-10-14-25(23)27(18-24)31(3,4)5/h6-19H,1-5H3. The summed E-state index contributed by atoms with van der Waals surface area (Å²) in [6.45, 7) is 11.2. The van der Waals surface area contributed by atoms with Gasteiger partial charge in [-0.3, -0.25) is 0 Å². The van der Waals surface area contributed by atoms with Crippen molar-refractivity contribution in [2.75, 3.05) is 0 Å². The quantitative estimate of drug-likeness (QED) is 0.281. The molecule has 32 heavy (non-hydrogen) atoms. The van der Waals surface area contributed by atoms with Crippen molar-refractivity contribution in [3.05, 3.63) is 102 Å². The third-order valence-corrected chi connectivity index (χ3v) is 6.30. The Hall–Kier alpha value is -3.45. The Morgan fingerprint density at radius 2 is 1.41 bits per heavy atom. The third-order valence-electron chi connectivity index (χ3n) is 6.30. The smallest absolute Gasteiger partial charge is 0.0721 e. The van der Waals surface area contributed by atoms with Gasteiger partial charge in [0, 0.05) is 10.9 Å². The van der Waals surface area contributed by atoms with E-state index in [2.05, 4.69) is 120 Å². The van der Waals surface area contributed by atoms with Crippen LogP contribution in [-0.4, -0.2) is 4.98 Å². The minimum Gasteiger partial charge on any atom is -0.248 e. The first-order valence-corrected chi connectivity index (χ1v) is 11.3. The Morgan fingerprint density at radius 1 is 0.688 bits per heavy atom. The van der Waals surface area contributed by atoms with E-state index in [1.165, 1.54) is 49.5 Å². The zero-order valence-corrected chi connectivity index (χ0v) is 19.5. The first-order chi connectivity index (χ1) is 15.3. The Kier molecular flexibility index (Phi) is 4.86. The molecule has 0 saturated carbocycles. The van der Waals surface area contributed by atoms with Crippen LogP contribution in [0.15, 0.2) is 84.9 Å². The Morgan fingerprint density at radius 3 is 2.16 bits per heavy atom. The van der Waals surface area contributed by atoms with Gasteiger partial charge < -0.3 is 0 Å². The van der Waals surface area contributed by atoms with Gasteiger partial charge in [-0.05, 0) is 82.1 Å². The molecule has 0 bridgehead atoms. The minimum absolute atomic E-state index is 0.0435. The molecule has 1 heteroatoms. The van der Waals surface area contributed by atoms with Crippen molar-refractivity contribution in [1.82, 2.24) is 4.98 Å². The van der Waals surface area contributed by atoms with Crippen molar-refractivity contribution in [3.63, 3.8) is 0 Å². The maximum Gasteiger partial charge on any atom is 0.0721 e. The van der Waals surface area contributed by atoms with E-state index in [4.69, 9.17) is 4.98 Å². The zero-order valence-electron chi connectivity index (χ0n) is 19.5. The first-order valence-electron chi connectivity index (χ1n) is 11.3. The van der Waals surface area contributed by atoms with Gasteiger partial charge >= 0.3 is 0 Å². The molecular formula is C31H29N. The third kappa shape index (κ3) is 3.58.